The Kier molecular flexibility index (Phi) is 12.2. The predicted octanol–water partition coefficient (Wildman–Crippen LogP) is 4.24. The van der Waals surface area contributed by atoms with Crippen LogP contribution >= 0.6 is 0 Å². The SMILES string of the molecule is CC.CC(C)CO.CC[C@@]1(C)CCC[C@H](O)C1C. The van der Waals surface area contributed by atoms with Gasteiger partial charge >= 0.3 is 0 Å². The van der Waals surface area contributed by atoms with Crippen molar-refractivity contribution in [1.82, 2.24) is 0 Å². The van der Waals surface area contributed by atoms with Crippen LogP contribution in [0.2, 0.25) is 0 Å². The first-order valence-corrected chi connectivity index (χ1v) is 7.66. The summed E-state index contributed by atoms with van der Waals surface area (Å²) in [6.45, 7) is 15.0. The van der Waals surface area contributed by atoms with Crippen molar-refractivity contribution in [2.45, 2.75) is 80.3 Å². The molecule has 1 aliphatic rings. The summed E-state index contributed by atoms with van der Waals surface area (Å²) in [5, 5.41) is 17.8. The zero-order valence-corrected chi connectivity index (χ0v) is 13.7. The molecule has 2 heteroatoms. The number of aliphatic hydroxyl groups excluding tert-OH is 2. The third-order valence-electron chi connectivity index (χ3n) is 4.10. The smallest absolute Gasteiger partial charge is 0.0571 e. The number of rotatable bonds is 2. The monoisotopic (exact) mass is 260 g/mol. The van der Waals surface area contributed by atoms with Crippen LogP contribution in [0.5, 0.6) is 0 Å². The molecule has 1 saturated carbocycles. The number of hydrogen-bond acceptors (Lipinski definition) is 2. The molecule has 18 heavy (non-hydrogen) atoms. The van der Waals surface area contributed by atoms with Crippen LogP contribution in [0.3, 0.4) is 0 Å². The van der Waals surface area contributed by atoms with Crippen molar-refractivity contribution in [3.8, 4) is 0 Å². The Morgan fingerprint density at radius 2 is 1.72 bits per heavy atom. The van der Waals surface area contributed by atoms with Gasteiger partial charge in [-0.3, -0.25) is 0 Å². The molecule has 0 aromatic rings. The molecule has 0 saturated heterocycles. The van der Waals surface area contributed by atoms with Gasteiger partial charge in [0.15, 0.2) is 0 Å². The summed E-state index contributed by atoms with van der Waals surface area (Å²) in [6.07, 6.45) is 4.66. The Morgan fingerprint density at radius 3 is 2.00 bits per heavy atom. The lowest BCUT2D eigenvalue weighted by atomic mass is 9.65. The maximum Gasteiger partial charge on any atom is 0.0571 e. The van der Waals surface area contributed by atoms with Crippen molar-refractivity contribution >= 4 is 0 Å². The molecular weight excluding hydrogens is 224 g/mol. The molecule has 0 aromatic heterocycles. The molecule has 0 bridgehead atoms. The van der Waals surface area contributed by atoms with Crippen molar-refractivity contribution in [3.05, 3.63) is 0 Å². The fourth-order valence-corrected chi connectivity index (χ4v) is 2.16. The Morgan fingerprint density at radius 1 is 1.28 bits per heavy atom. The molecular formula is C16H36O2. The van der Waals surface area contributed by atoms with Crippen LogP contribution in [0, 0.1) is 17.3 Å². The van der Waals surface area contributed by atoms with Crippen molar-refractivity contribution in [2.24, 2.45) is 17.3 Å². The van der Waals surface area contributed by atoms with Gasteiger partial charge in [-0.15, -0.1) is 0 Å². The molecule has 2 N–H and O–H groups in total. The van der Waals surface area contributed by atoms with E-state index in [0.717, 1.165) is 6.42 Å². The number of aliphatic hydroxyl groups is 2. The molecule has 0 spiro atoms. The van der Waals surface area contributed by atoms with Crippen LogP contribution in [0.15, 0.2) is 0 Å². The standard InChI is InChI=1S/C10H20O.C4H10O.C2H6/c1-4-10(3)7-5-6-9(11)8(10)2;1-4(2)3-5;1-2/h8-9,11H,4-7H2,1-3H3;4-5H,3H2,1-2H3;1-2H3/t8?,9-,10-;;/m0../s1. The van der Waals surface area contributed by atoms with Crippen molar-refractivity contribution in [1.29, 1.82) is 0 Å². The Labute approximate surface area is 115 Å². The number of hydrogen-bond donors (Lipinski definition) is 2. The van der Waals surface area contributed by atoms with Crippen LogP contribution in [0.4, 0.5) is 0 Å². The molecule has 3 atom stereocenters. The minimum atomic E-state index is -0.0475. The lowest BCUT2D eigenvalue weighted by molar-refractivity contribution is -0.00987. The maximum atomic E-state index is 9.64. The molecule has 0 radical (unpaired) electrons. The summed E-state index contributed by atoms with van der Waals surface area (Å²) in [4.78, 5) is 0. The van der Waals surface area contributed by atoms with Crippen LogP contribution in [0.1, 0.15) is 74.1 Å². The average molecular weight is 260 g/mol. The summed E-state index contributed by atoms with van der Waals surface area (Å²) in [6, 6.07) is 0. The minimum absolute atomic E-state index is 0.0475. The van der Waals surface area contributed by atoms with E-state index in [0.29, 0.717) is 23.9 Å². The highest BCUT2D eigenvalue weighted by atomic mass is 16.3. The quantitative estimate of drug-likeness (QED) is 0.779. The van der Waals surface area contributed by atoms with Crippen molar-refractivity contribution in [3.63, 3.8) is 0 Å². The summed E-state index contributed by atoms with van der Waals surface area (Å²) in [5.41, 5.74) is 0.400. The Hall–Kier alpha value is -0.0800. The van der Waals surface area contributed by atoms with E-state index < -0.39 is 0 Å². The zero-order chi connectivity index (χ0) is 14.8. The fourth-order valence-electron chi connectivity index (χ4n) is 2.16. The third-order valence-corrected chi connectivity index (χ3v) is 4.10. The molecule has 1 rings (SSSR count). The van der Waals surface area contributed by atoms with Gasteiger partial charge in [0, 0.05) is 6.61 Å². The lowest BCUT2D eigenvalue weighted by Crippen LogP contribution is -2.37. The fraction of sp³-hybridized carbons (Fsp3) is 1.00. The highest BCUT2D eigenvalue weighted by Crippen LogP contribution is 2.43. The van der Waals surface area contributed by atoms with E-state index in [1.165, 1.54) is 19.3 Å². The van der Waals surface area contributed by atoms with Crippen LogP contribution in [-0.2, 0) is 0 Å². The first-order valence-electron chi connectivity index (χ1n) is 7.66. The summed E-state index contributed by atoms with van der Waals surface area (Å²) >= 11 is 0. The van der Waals surface area contributed by atoms with E-state index in [9.17, 15) is 5.11 Å². The normalized spacial score (nSPS) is 31.0. The second-order valence-corrected chi connectivity index (χ2v) is 5.83. The van der Waals surface area contributed by atoms with Gasteiger partial charge in [-0.25, -0.2) is 0 Å². The second-order valence-electron chi connectivity index (χ2n) is 5.83. The molecule has 1 unspecified atom stereocenters. The summed E-state index contributed by atoms with van der Waals surface area (Å²) in [5.74, 6) is 0.927. The lowest BCUT2D eigenvalue weighted by Gasteiger charge is -2.42. The van der Waals surface area contributed by atoms with Gasteiger partial charge in [-0.1, -0.05) is 61.3 Å². The molecule has 1 aliphatic carbocycles. The first-order chi connectivity index (χ1) is 8.37. The van der Waals surface area contributed by atoms with Gasteiger partial charge in [-0.2, -0.15) is 0 Å². The van der Waals surface area contributed by atoms with Crippen LogP contribution < -0.4 is 0 Å². The summed E-state index contributed by atoms with van der Waals surface area (Å²) < 4.78 is 0. The van der Waals surface area contributed by atoms with E-state index in [2.05, 4.69) is 20.8 Å². The molecule has 1 fully saturated rings. The molecule has 0 aromatic carbocycles. The zero-order valence-electron chi connectivity index (χ0n) is 13.7. The third kappa shape index (κ3) is 7.38. The largest absolute Gasteiger partial charge is 0.396 e. The van der Waals surface area contributed by atoms with Gasteiger partial charge in [0.25, 0.3) is 0 Å². The van der Waals surface area contributed by atoms with Crippen molar-refractivity contribution < 1.29 is 10.2 Å². The average Bonchev–Trinajstić information content (AvgIpc) is 2.39. The highest BCUT2D eigenvalue weighted by Gasteiger charge is 2.36. The van der Waals surface area contributed by atoms with Gasteiger partial charge in [0.1, 0.15) is 0 Å². The van der Waals surface area contributed by atoms with Gasteiger partial charge in [-0.05, 0) is 30.1 Å². The predicted molar refractivity (Wildman–Crippen MR) is 80.7 cm³/mol. The van der Waals surface area contributed by atoms with E-state index in [4.69, 9.17) is 5.11 Å². The summed E-state index contributed by atoms with van der Waals surface area (Å²) in [7, 11) is 0. The van der Waals surface area contributed by atoms with Gasteiger partial charge in [0.05, 0.1) is 6.10 Å². The Bertz CT molecular complexity index is 180. The van der Waals surface area contributed by atoms with Crippen molar-refractivity contribution in [2.75, 3.05) is 6.61 Å². The van der Waals surface area contributed by atoms with E-state index in [-0.39, 0.29) is 6.10 Å². The van der Waals surface area contributed by atoms with Gasteiger partial charge < -0.3 is 10.2 Å². The molecule has 112 valence electrons. The van der Waals surface area contributed by atoms with Gasteiger partial charge in [0.2, 0.25) is 0 Å². The Balaban J connectivity index is 0. The topological polar surface area (TPSA) is 40.5 Å². The van der Waals surface area contributed by atoms with E-state index in [1.807, 2.05) is 27.7 Å². The van der Waals surface area contributed by atoms with E-state index in [1.54, 1.807) is 0 Å². The molecule has 0 heterocycles. The molecule has 2 nitrogen and oxygen atoms in total. The molecule has 0 amide bonds. The maximum absolute atomic E-state index is 9.64. The van der Waals surface area contributed by atoms with Crippen LogP contribution in [0.25, 0.3) is 0 Å². The highest BCUT2D eigenvalue weighted by molar-refractivity contribution is 4.87. The first kappa shape index (κ1) is 20.2. The van der Waals surface area contributed by atoms with E-state index >= 15 is 0 Å². The molecule has 0 aliphatic heterocycles. The second kappa shape index (κ2) is 10.8. The van der Waals surface area contributed by atoms with Crippen LogP contribution in [-0.4, -0.2) is 22.9 Å². The minimum Gasteiger partial charge on any atom is -0.396 e.